The largest absolute Gasteiger partial charge is 0.497 e. The molecule has 1 aromatic carbocycles. The molecule has 0 radical (unpaired) electrons. The van der Waals surface area contributed by atoms with Crippen LogP contribution in [0.1, 0.15) is 37.3 Å². The Bertz CT molecular complexity index is 665. The number of aliphatic imine (C=N–C) groups is 1. The molecule has 0 aromatic heterocycles. The summed E-state index contributed by atoms with van der Waals surface area (Å²) in [5.74, 6) is 1.80. The van der Waals surface area contributed by atoms with Crippen LogP contribution in [0.15, 0.2) is 29.3 Å². The first kappa shape index (κ1) is 27.1. The number of nitrogens with zero attached hydrogens (tertiary/aromatic N) is 4. The molecule has 2 heterocycles. The van der Waals surface area contributed by atoms with Gasteiger partial charge in [-0.2, -0.15) is 0 Å². The van der Waals surface area contributed by atoms with Gasteiger partial charge in [0.2, 0.25) is 0 Å². The molecule has 8 heteroatoms. The van der Waals surface area contributed by atoms with E-state index in [-0.39, 0.29) is 24.0 Å². The van der Waals surface area contributed by atoms with Crippen molar-refractivity contribution in [1.29, 1.82) is 0 Å². The second-order valence-corrected chi connectivity index (χ2v) is 8.76. The van der Waals surface area contributed by atoms with Crippen LogP contribution in [0.2, 0.25) is 0 Å². The number of rotatable bonds is 9. The van der Waals surface area contributed by atoms with Crippen LogP contribution in [0.4, 0.5) is 0 Å². The number of nitrogens with one attached hydrogen (secondary N) is 2. The molecule has 2 aliphatic rings. The summed E-state index contributed by atoms with van der Waals surface area (Å²) in [4.78, 5) is 12.1. The van der Waals surface area contributed by atoms with Gasteiger partial charge in [-0.25, -0.2) is 0 Å². The number of methoxy groups -OCH3 is 1. The van der Waals surface area contributed by atoms with E-state index < -0.39 is 0 Å². The number of benzene rings is 1. The Morgan fingerprint density at radius 2 is 1.75 bits per heavy atom. The van der Waals surface area contributed by atoms with Gasteiger partial charge in [-0.15, -0.1) is 24.0 Å². The van der Waals surface area contributed by atoms with E-state index in [2.05, 4.69) is 61.6 Å². The molecule has 1 unspecified atom stereocenters. The van der Waals surface area contributed by atoms with E-state index >= 15 is 0 Å². The minimum Gasteiger partial charge on any atom is -0.497 e. The van der Waals surface area contributed by atoms with Crippen LogP contribution < -0.4 is 15.4 Å². The van der Waals surface area contributed by atoms with E-state index in [1.807, 2.05) is 7.05 Å². The highest BCUT2D eigenvalue weighted by Gasteiger charge is 2.23. The van der Waals surface area contributed by atoms with Gasteiger partial charge in [-0.3, -0.25) is 9.89 Å². The van der Waals surface area contributed by atoms with Crippen molar-refractivity contribution in [3.8, 4) is 5.75 Å². The van der Waals surface area contributed by atoms with Crippen molar-refractivity contribution < 1.29 is 4.74 Å². The highest BCUT2D eigenvalue weighted by atomic mass is 127. The minimum atomic E-state index is 0. The van der Waals surface area contributed by atoms with Gasteiger partial charge in [0.05, 0.1) is 13.2 Å². The Hall–Kier alpha value is -1.10. The summed E-state index contributed by atoms with van der Waals surface area (Å²) in [6, 6.07) is 8.86. The maximum Gasteiger partial charge on any atom is 0.191 e. The molecule has 32 heavy (non-hydrogen) atoms. The summed E-state index contributed by atoms with van der Waals surface area (Å²) in [6.45, 7) is 10.1. The van der Waals surface area contributed by atoms with E-state index in [1.54, 1.807) is 7.11 Å². The van der Waals surface area contributed by atoms with Crippen molar-refractivity contribution in [3.05, 3.63) is 29.8 Å². The molecule has 2 fully saturated rings. The fourth-order valence-electron chi connectivity index (χ4n) is 4.58. The zero-order valence-corrected chi connectivity index (χ0v) is 22.5. The predicted octanol–water partition coefficient (Wildman–Crippen LogP) is 2.64. The number of hydrogen-bond acceptors (Lipinski definition) is 5. The third kappa shape index (κ3) is 8.68. The molecule has 2 N–H and O–H groups in total. The van der Waals surface area contributed by atoms with Crippen LogP contribution in [0, 0.1) is 0 Å². The lowest BCUT2D eigenvalue weighted by Crippen LogP contribution is -2.43. The Labute approximate surface area is 212 Å². The Morgan fingerprint density at radius 1 is 1.00 bits per heavy atom. The van der Waals surface area contributed by atoms with Gasteiger partial charge in [0.25, 0.3) is 0 Å². The Balaban J connectivity index is 0.00000363. The predicted molar refractivity (Wildman–Crippen MR) is 144 cm³/mol. The summed E-state index contributed by atoms with van der Waals surface area (Å²) >= 11 is 0. The summed E-state index contributed by atoms with van der Waals surface area (Å²) in [6.07, 6.45) is 4.98. The maximum absolute atomic E-state index is 5.34. The van der Waals surface area contributed by atoms with E-state index in [1.165, 1.54) is 51.0 Å². The molecular weight excluding hydrogens is 515 g/mol. The Kier molecular flexibility index (Phi) is 12.7. The molecular formula is C24H43IN6O. The van der Waals surface area contributed by atoms with Crippen LogP contribution in [-0.2, 0) is 0 Å². The lowest BCUT2D eigenvalue weighted by molar-refractivity contribution is 0.245. The lowest BCUT2D eigenvalue weighted by Gasteiger charge is -2.29. The minimum absolute atomic E-state index is 0. The first-order chi connectivity index (χ1) is 15.2. The SMILES string of the molecule is CN=C(NCCCN1CCCN(C)CC1)NCC(c1ccc(OC)cc1)N1CCCC1.I. The molecule has 1 aromatic rings. The van der Waals surface area contributed by atoms with Crippen molar-refractivity contribution in [3.63, 3.8) is 0 Å². The van der Waals surface area contributed by atoms with Gasteiger partial charge in [0.1, 0.15) is 5.75 Å². The monoisotopic (exact) mass is 558 g/mol. The summed E-state index contributed by atoms with van der Waals surface area (Å²) in [5, 5.41) is 7.09. The molecule has 1 atom stereocenters. The van der Waals surface area contributed by atoms with Gasteiger partial charge in [0.15, 0.2) is 5.96 Å². The molecule has 0 bridgehead atoms. The molecule has 182 valence electrons. The van der Waals surface area contributed by atoms with Crippen molar-refractivity contribution in [2.24, 2.45) is 4.99 Å². The van der Waals surface area contributed by atoms with Gasteiger partial charge >= 0.3 is 0 Å². The first-order valence-corrected chi connectivity index (χ1v) is 11.9. The molecule has 0 spiro atoms. The highest BCUT2D eigenvalue weighted by molar-refractivity contribution is 14.0. The summed E-state index contributed by atoms with van der Waals surface area (Å²) in [5.41, 5.74) is 1.33. The van der Waals surface area contributed by atoms with Crippen LogP contribution in [0.3, 0.4) is 0 Å². The van der Waals surface area contributed by atoms with E-state index in [0.29, 0.717) is 6.04 Å². The van der Waals surface area contributed by atoms with Gasteiger partial charge < -0.3 is 25.2 Å². The first-order valence-electron chi connectivity index (χ1n) is 11.9. The second kappa shape index (κ2) is 14.9. The zero-order chi connectivity index (χ0) is 21.9. The van der Waals surface area contributed by atoms with Gasteiger partial charge in [-0.05, 0) is 83.2 Å². The fourth-order valence-corrected chi connectivity index (χ4v) is 4.58. The van der Waals surface area contributed by atoms with Crippen LogP contribution in [-0.4, -0.2) is 101 Å². The third-order valence-electron chi connectivity index (χ3n) is 6.52. The van der Waals surface area contributed by atoms with Gasteiger partial charge in [0, 0.05) is 33.2 Å². The molecule has 2 saturated heterocycles. The fraction of sp³-hybridized carbons (Fsp3) is 0.708. The van der Waals surface area contributed by atoms with Crippen molar-refractivity contribution in [2.45, 2.75) is 31.7 Å². The Morgan fingerprint density at radius 3 is 2.44 bits per heavy atom. The molecule has 0 saturated carbocycles. The number of ether oxygens (including phenoxy) is 1. The third-order valence-corrected chi connectivity index (χ3v) is 6.52. The molecule has 3 rings (SSSR count). The van der Waals surface area contributed by atoms with Crippen LogP contribution in [0.5, 0.6) is 5.75 Å². The average Bonchev–Trinajstić information content (AvgIpc) is 3.25. The summed E-state index contributed by atoms with van der Waals surface area (Å²) in [7, 11) is 5.80. The van der Waals surface area contributed by atoms with E-state index in [4.69, 9.17) is 4.74 Å². The zero-order valence-electron chi connectivity index (χ0n) is 20.2. The smallest absolute Gasteiger partial charge is 0.191 e. The molecule has 7 nitrogen and oxygen atoms in total. The number of likely N-dealkylation sites (N-methyl/N-ethyl adjacent to an activating group) is 1. The van der Waals surface area contributed by atoms with Crippen molar-refractivity contribution in [1.82, 2.24) is 25.3 Å². The molecule has 0 amide bonds. The average molecular weight is 559 g/mol. The van der Waals surface area contributed by atoms with Crippen molar-refractivity contribution in [2.75, 3.05) is 80.1 Å². The highest BCUT2D eigenvalue weighted by Crippen LogP contribution is 2.26. The normalized spacial score (nSPS) is 19.8. The number of hydrogen-bond donors (Lipinski definition) is 2. The number of halogens is 1. The second-order valence-electron chi connectivity index (χ2n) is 8.76. The summed E-state index contributed by atoms with van der Waals surface area (Å²) < 4.78 is 5.34. The van der Waals surface area contributed by atoms with E-state index in [0.717, 1.165) is 50.9 Å². The molecule has 2 aliphatic heterocycles. The quantitative estimate of drug-likeness (QED) is 0.211. The molecule has 0 aliphatic carbocycles. The van der Waals surface area contributed by atoms with E-state index in [9.17, 15) is 0 Å². The number of likely N-dealkylation sites (tertiary alicyclic amines) is 1. The standard InChI is InChI=1S/C24H42N6O.HI/c1-25-24(26-12-6-14-29-15-7-13-28(2)18-19-29)27-20-23(30-16-4-5-17-30)21-8-10-22(31-3)11-9-21;/h8-11,23H,4-7,12-20H2,1-3H3,(H2,25,26,27);1H. The van der Waals surface area contributed by atoms with Gasteiger partial charge in [-0.1, -0.05) is 12.1 Å². The number of guanidine groups is 1. The topological polar surface area (TPSA) is 55.4 Å². The maximum atomic E-state index is 5.34. The van der Waals surface area contributed by atoms with Crippen molar-refractivity contribution >= 4 is 29.9 Å². The lowest BCUT2D eigenvalue weighted by atomic mass is 10.1. The van der Waals surface area contributed by atoms with Crippen LogP contribution in [0.25, 0.3) is 0 Å². The van der Waals surface area contributed by atoms with Crippen LogP contribution >= 0.6 is 24.0 Å².